The highest BCUT2D eigenvalue weighted by Gasteiger charge is 2.14. The van der Waals surface area contributed by atoms with E-state index in [1.165, 1.54) is 6.08 Å². The Morgan fingerprint density at radius 2 is 1.83 bits per heavy atom. The highest BCUT2D eigenvalue weighted by Crippen LogP contribution is 2.29. The van der Waals surface area contributed by atoms with Crippen molar-refractivity contribution in [2.75, 3.05) is 12.4 Å². The van der Waals surface area contributed by atoms with Gasteiger partial charge in [-0.25, -0.2) is 4.68 Å². The molecule has 3 aromatic rings. The molecule has 0 saturated carbocycles. The van der Waals surface area contributed by atoms with E-state index < -0.39 is 0 Å². The summed E-state index contributed by atoms with van der Waals surface area (Å²) in [5, 5.41) is 7.50. The number of carbonyl (C=O) groups is 1. The third kappa shape index (κ3) is 4.89. The van der Waals surface area contributed by atoms with Crippen molar-refractivity contribution in [3.05, 3.63) is 71.6 Å². The molecular weight excluding hydrogens is 378 g/mol. The number of aryl methyl sites for hydroxylation is 1. The SMILES string of the molecule is COc1cc(C=CC(=O)Nc2c(C)nn(-c3ccccc3)c2C)ccc1OC(C)C. The molecule has 0 unspecified atom stereocenters. The first-order valence-corrected chi connectivity index (χ1v) is 9.84. The lowest BCUT2D eigenvalue weighted by atomic mass is 10.2. The van der Waals surface area contributed by atoms with Crippen LogP contribution in [0.2, 0.25) is 0 Å². The van der Waals surface area contributed by atoms with E-state index in [1.54, 1.807) is 13.2 Å². The quantitative estimate of drug-likeness (QED) is 0.566. The standard InChI is InChI=1S/C24H27N3O3/c1-16(2)30-21-13-11-19(15-22(21)29-5)12-14-23(28)25-24-17(3)26-27(18(24)4)20-9-7-6-8-10-20/h6-16H,1-5H3,(H,25,28). The van der Waals surface area contributed by atoms with E-state index in [2.05, 4.69) is 10.4 Å². The summed E-state index contributed by atoms with van der Waals surface area (Å²) in [6.45, 7) is 7.73. The molecule has 0 atom stereocenters. The Hall–Kier alpha value is -3.54. The van der Waals surface area contributed by atoms with E-state index in [4.69, 9.17) is 9.47 Å². The van der Waals surface area contributed by atoms with Gasteiger partial charge < -0.3 is 14.8 Å². The van der Waals surface area contributed by atoms with E-state index >= 15 is 0 Å². The van der Waals surface area contributed by atoms with Gasteiger partial charge in [0.25, 0.3) is 0 Å². The molecule has 6 nitrogen and oxygen atoms in total. The molecule has 2 aromatic carbocycles. The van der Waals surface area contributed by atoms with Crippen molar-refractivity contribution < 1.29 is 14.3 Å². The van der Waals surface area contributed by atoms with Gasteiger partial charge in [-0.15, -0.1) is 0 Å². The number of aromatic nitrogens is 2. The molecule has 0 bridgehead atoms. The Bertz CT molecular complexity index is 1050. The van der Waals surface area contributed by atoms with Crippen LogP contribution < -0.4 is 14.8 Å². The number of nitrogens with one attached hydrogen (secondary N) is 1. The van der Waals surface area contributed by atoms with Crippen molar-refractivity contribution in [3.63, 3.8) is 0 Å². The van der Waals surface area contributed by atoms with Crippen molar-refractivity contribution in [2.45, 2.75) is 33.8 Å². The first kappa shape index (κ1) is 21.2. The van der Waals surface area contributed by atoms with E-state index in [0.29, 0.717) is 17.2 Å². The zero-order valence-corrected chi connectivity index (χ0v) is 18.0. The minimum absolute atomic E-state index is 0.0503. The molecule has 0 aliphatic rings. The van der Waals surface area contributed by atoms with Gasteiger partial charge in [0.15, 0.2) is 11.5 Å². The second-order valence-corrected chi connectivity index (χ2v) is 7.19. The van der Waals surface area contributed by atoms with Gasteiger partial charge in [-0.1, -0.05) is 24.3 Å². The zero-order chi connectivity index (χ0) is 21.7. The number of benzene rings is 2. The fraction of sp³-hybridized carbons (Fsp3) is 0.250. The number of para-hydroxylation sites is 1. The maximum absolute atomic E-state index is 12.5. The molecule has 0 fully saturated rings. The Labute approximate surface area is 177 Å². The summed E-state index contributed by atoms with van der Waals surface area (Å²) in [7, 11) is 1.60. The Morgan fingerprint density at radius 3 is 2.50 bits per heavy atom. The number of rotatable bonds is 7. The van der Waals surface area contributed by atoms with Gasteiger partial charge >= 0.3 is 0 Å². The molecule has 30 heavy (non-hydrogen) atoms. The van der Waals surface area contributed by atoms with Gasteiger partial charge in [0, 0.05) is 6.08 Å². The molecule has 1 heterocycles. The predicted octanol–water partition coefficient (Wildman–Crippen LogP) is 4.94. The second kappa shape index (κ2) is 9.31. The average Bonchev–Trinajstić information content (AvgIpc) is 3.01. The van der Waals surface area contributed by atoms with Crippen molar-refractivity contribution in [1.82, 2.24) is 9.78 Å². The summed E-state index contributed by atoms with van der Waals surface area (Å²) in [5.74, 6) is 1.08. The van der Waals surface area contributed by atoms with Crippen LogP contribution in [0.1, 0.15) is 30.8 Å². The molecule has 0 aliphatic carbocycles. The monoisotopic (exact) mass is 405 g/mol. The zero-order valence-electron chi connectivity index (χ0n) is 18.0. The molecule has 0 saturated heterocycles. The van der Waals surface area contributed by atoms with Gasteiger partial charge in [0.2, 0.25) is 5.91 Å². The van der Waals surface area contributed by atoms with Crippen molar-refractivity contribution in [2.24, 2.45) is 0 Å². The molecule has 0 radical (unpaired) electrons. The lowest BCUT2D eigenvalue weighted by Gasteiger charge is -2.13. The largest absolute Gasteiger partial charge is 0.493 e. The number of amides is 1. The summed E-state index contributed by atoms with van der Waals surface area (Å²) in [4.78, 5) is 12.5. The predicted molar refractivity (Wildman–Crippen MR) is 119 cm³/mol. The molecule has 6 heteroatoms. The van der Waals surface area contributed by atoms with Gasteiger partial charge in [-0.2, -0.15) is 5.10 Å². The normalized spacial score (nSPS) is 11.1. The average molecular weight is 405 g/mol. The van der Waals surface area contributed by atoms with Crippen LogP contribution in [0, 0.1) is 13.8 Å². The Kier molecular flexibility index (Phi) is 6.57. The second-order valence-electron chi connectivity index (χ2n) is 7.19. The maximum Gasteiger partial charge on any atom is 0.248 e. The Morgan fingerprint density at radius 1 is 1.10 bits per heavy atom. The molecule has 1 aromatic heterocycles. The van der Waals surface area contributed by atoms with Gasteiger partial charge in [-0.05, 0) is 63.6 Å². The molecule has 3 rings (SSSR count). The fourth-order valence-electron chi connectivity index (χ4n) is 3.12. The van der Waals surface area contributed by atoms with E-state index in [-0.39, 0.29) is 12.0 Å². The number of hydrogen-bond acceptors (Lipinski definition) is 4. The first-order chi connectivity index (χ1) is 14.4. The summed E-state index contributed by atoms with van der Waals surface area (Å²) in [5.41, 5.74) is 4.13. The van der Waals surface area contributed by atoms with Crippen LogP contribution >= 0.6 is 0 Å². The summed E-state index contributed by atoms with van der Waals surface area (Å²) in [6.07, 6.45) is 3.29. The Balaban J connectivity index is 1.75. The first-order valence-electron chi connectivity index (χ1n) is 9.84. The lowest BCUT2D eigenvalue weighted by Crippen LogP contribution is -2.09. The number of carbonyl (C=O) groups excluding carboxylic acids is 1. The highest BCUT2D eigenvalue weighted by molar-refractivity contribution is 6.02. The van der Waals surface area contributed by atoms with Crippen LogP contribution in [-0.2, 0) is 4.79 Å². The van der Waals surface area contributed by atoms with Crippen LogP contribution in [0.4, 0.5) is 5.69 Å². The smallest absolute Gasteiger partial charge is 0.248 e. The number of hydrogen-bond donors (Lipinski definition) is 1. The minimum atomic E-state index is -0.227. The highest BCUT2D eigenvalue weighted by atomic mass is 16.5. The van der Waals surface area contributed by atoms with E-state index in [1.807, 2.05) is 80.9 Å². The van der Waals surface area contributed by atoms with Crippen LogP contribution in [0.3, 0.4) is 0 Å². The van der Waals surface area contributed by atoms with Crippen molar-refractivity contribution in [3.8, 4) is 17.2 Å². The van der Waals surface area contributed by atoms with Crippen molar-refractivity contribution >= 4 is 17.7 Å². The van der Waals surface area contributed by atoms with E-state index in [0.717, 1.165) is 22.6 Å². The molecule has 1 amide bonds. The molecule has 0 aliphatic heterocycles. The van der Waals surface area contributed by atoms with Crippen LogP contribution in [0.25, 0.3) is 11.8 Å². The fourth-order valence-corrected chi connectivity index (χ4v) is 3.12. The van der Waals surface area contributed by atoms with Crippen LogP contribution in [0.5, 0.6) is 11.5 Å². The number of ether oxygens (including phenoxy) is 2. The van der Waals surface area contributed by atoms with Gasteiger partial charge in [0.05, 0.1) is 36.0 Å². The van der Waals surface area contributed by atoms with E-state index in [9.17, 15) is 4.79 Å². The van der Waals surface area contributed by atoms with Gasteiger partial charge in [-0.3, -0.25) is 4.79 Å². The van der Waals surface area contributed by atoms with Gasteiger partial charge in [0.1, 0.15) is 0 Å². The lowest BCUT2D eigenvalue weighted by molar-refractivity contribution is -0.111. The number of nitrogens with zero attached hydrogens (tertiary/aromatic N) is 2. The summed E-state index contributed by atoms with van der Waals surface area (Å²) < 4.78 is 12.9. The third-order valence-electron chi connectivity index (χ3n) is 4.52. The number of methoxy groups -OCH3 is 1. The molecule has 0 spiro atoms. The summed E-state index contributed by atoms with van der Waals surface area (Å²) >= 11 is 0. The topological polar surface area (TPSA) is 65.4 Å². The van der Waals surface area contributed by atoms with Crippen LogP contribution in [0.15, 0.2) is 54.6 Å². The number of anilines is 1. The minimum Gasteiger partial charge on any atom is -0.493 e. The van der Waals surface area contributed by atoms with Crippen LogP contribution in [-0.4, -0.2) is 28.9 Å². The molecule has 1 N–H and O–H groups in total. The maximum atomic E-state index is 12.5. The third-order valence-corrected chi connectivity index (χ3v) is 4.52. The van der Waals surface area contributed by atoms with Crippen molar-refractivity contribution in [1.29, 1.82) is 0 Å². The molecular formula is C24H27N3O3. The molecule has 156 valence electrons. The summed E-state index contributed by atoms with van der Waals surface area (Å²) in [6, 6.07) is 15.4.